The van der Waals surface area contributed by atoms with Gasteiger partial charge in [0.1, 0.15) is 5.69 Å². The van der Waals surface area contributed by atoms with Gasteiger partial charge in [0, 0.05) is 18.8 Å². The quantitative estimate of drug-likeness (QED) is 0.458. The monoisotopic (exact) mass is 371 g/mol. The first-order chi connectivity index (χ1) is 12.7. The summed E-state index contributed by atoms with van der Waals surface area (Å²) in [6, 6.07) is 7.80. The number of ether oxygens (including phenoxy) is 1. The molecule has 0 saturated heterocycles. The number of hydrogen-bond acceptors (Lipinski definition) is 6. The fourth-order valence-electron chi connectivity index (χ4n) is 2.79. The molecule has 2 N–H and O–H groups in total. The van der Waals surface area contributed by atoms with Crippen LogP contribution in [-0.2, 0) is 9.53 Å². The van der Waals surface area contributed by atoms with Crippen molar-refractivity contribution in [2.45, 2.75) is 20.8 Å². The zero-order valence-electron chi connectivity index (χ0n) is 15.6. The summed E-state index contributed by atoms with van der Waals surface area (Å²) in [7, 11) is 1.54. The Bertz CT molecular complexity index is 885. The second-order valence-electron chi connectivity index (χ2n) is 6.14. The number of nitro groups is 1. The van der Waals surface area contributed by atoms with Gasteiger partial charge in [0.05, 0.1) is 10.5 Å². The number of nitrogens with zero attached hydrogens (tertiary/aromatic N) is 1. The highest BCUT2D eigenvalue weighted by atomic mass is 16.6. The van der Waals surface area contributed by atoms with Gasteiger partial charge in [-0.2, -0.15) is 0 Å². The van der Waals surface area contributed by atoms with Crippen LogP contribution in [0.1, 0.15) is 27.0 Å². The summed E-state index contributed by atoms with van der Waals surface area (Å²) >= 11 is 0. The van der Waals surface area contributed by atoms with Crippen LogP contribution in [0, 0.1) is 30.9 Å². The van der Waals surface area contributed by atoms with Gasteiger partial charge in [-0.25, -0.2) is 4.79 Å². The number of esters is 1. The van der Waals surface area contributed by atoms with Crippen LogP contribution in [0.3, 0.4) is 0 Å². The van der Waals surface area contributed by atoms with E-state index in [4.69, 9.17) is 4.74 Å². The standard InChI is InChI=1S/C19H21N3O5/c1-11-7-12(2)18(13(3)8-11)21-17(23)10-27-19(24)14-5-6-15(20-4)16(9-14)22(25)26/h5-9,20H,10H2,1-4H3,(H,21,23). The molecule has 27 heavy (non-hydrogen) atoms. The van der Waals surface area contributed by atoms with Crippen LogP contribution in [-0.4, -0.2) is 30.5 Å². The molecule has 0 fully saturated rings. The first-order valence-corrected chi connectivity index (χ1v) is 8.24. The largest absolute Gasteiger partial charge is 0.452 e. The number of carbonyl (C=O) groups is 2. The highest BCUT2D eigenvalue weighted by molar-refractivity contribution is 5.97. The average molecular weight is 371 g/mol. The minimum Gasteiger partial charge on any atom is -0.452 e. The number of aryl methyl sites for hydroxylation is 3. The molecule has 2 aromatic carbocycles. The number of amides is 1. The normalized spacial score (nSPS) is 10.2. The van der Waals surface area contributed by atoms with Crippen molar-refractivity contribution in [3.8, 4) is 0 Å². The molecular formula is C19H21N3O5. The second-order valence-corrected chi connectivity index (χ2v) is 6.14. The van der Waals surface area contributed by atoms with E-state index in [0.717, 1.165) is 22.8 Å². The number of benzene rings is 2. The van der Waals surface area contributed by atoms with Crippen LogP contribution in [0.4, 0.5) is 17.1 Å². The predicted octanol–water partition coefficient (Wildman–Crippen LogP) is 3.36. The fraction of sp³-hybridized carbons (Fsp3) is 0.263. The summed E-state index contributed by atoms with van der Waals surface area (Å²) < 4.78 is 4.98. The lowest BCUT2D eigenvalue weighted by Gasteiger charge is -2.13. The molecule has 8 nitrogen and oxygen atoms in total. The highest BCUT2D eigenvalue weighted by Gasteiger charge is 2.18. The average Bonchev–Trinajstić information content (AvgIpc) is 2.62. The van der Waals surface area contributed by atoms with Gasteiger partial charge in [0.2, 0.25) is 0 Å². The van der Waals surface area contributed by atoms with Crippen molar-refractivity contribution in [1.29, 1.82) is 0 Å². The van der Waals surface area contributed by atoms with Crippen molar-refractivity contribution in [3.05, 3.63) is 62.7 Å². The van der Waals surface area contributed by atoms with Gasteiger partial charge in [-0.05, 0) is 44.0 Å². The maximum Gasteiger partial charge on any atom is 0.338 e. The Balaban J connectivity index is 2.04. The predicted molar refractivity (Wildman–Crippen MR) is 102 cm³/mol. The van der Waals surface area contributed by atoms with Crippen molar-refractivity contribution in [2.24, 2.45) is 0 Å². The Morgan fingerprint density at radius 3 is 2.30 bits per heavy atom. The van der Waals surface area contributed by atoms with Crippen LogP contribution < -0.4 is 10.6 Å². The summed E-state index contributed by atoms with van der Waals surface area (Å²) in [5.74, 6) is -1.30. The Kier molecular flexibility index (Phi) is 6.12. The maximum absolute atomic E-state index is 12.1. The van der Waals surface area contributed by atoms with Gasteiger partial charge in [-0.1, -0.05) is 17.7 Å². The Labute approximate surface area is 156 Å². The minimum absolute atomic E-state index is 0.00352. The van der Waals surface area contributed by atoms with E-state index in [2.05, 4.69) is 10.6 Å². The van der Waals surface area contributed by atoms with Gasteiger partial charge < -0.3 is 15.4 Å². The Morgan fingerprint density at radius 1 is 1.11 bits per heavy atom. The number of rotatable bonds is 6. The lowest BCUT2D eigenvalue weighted by molar-refractivity contribution is -0.384. The summed E-state index contributed by atoms with van der Waals surface area (Å²) in [6.07, 6.45) is 0. The van der Waals surface area contributed by atoms with Crippen LogP contribution in [0.5, 0.6) is 0 Å². The molecule has 0 aromatic heterocycles. The molecular weight excluding hydrogens is 350 g/mol. The third-order valence-electron chi connectivity index (χ3n) is 3.98. The second kappa shape index (κ2) is 8.31. The number of carbonyl (C=O) groups excluding carboxylic acids is 2. The Morgan fingerprint density at radius 2 is 1.74 bits per heavy atom. The zero-order valence-corrected chi connectivity index (χ0v) is 15.6. The maximum atomic E-state index is 12.1. The van der Waals surface area contributed by atoms with E-state index in [1.165, 1.54) is 12.1 Å². The number of nitro benzene ring substituents is 1. The van der Waals surface area contributed by atoms with Crippen molar-refractivity contribution in [3.63, 3.8) is 0 Å². The minimum atomic E-state index is -0.812. The topological polar surface area (TPSA) is 111 Å². The highest BCUT2D eigenvalue weighted by Crippen LogP contribution is 2.25. The molecule has 0 bridgehead atoms. The van der Waals surface area contributed by atoms with Gasteiger partial charge >= 0.3 is 5.97 Å². The molecule has 0 aliphatic rings. The van der Waals surface area contributed by atoms with E-state index < -0.39 is 23.4 Å². The van der Waals surface area contributed by atoms with Crippen molar-refractivity contribution in [2.75, 3.05) is 24.3 Å². The van der Waals surface area contributed by atoms with E-state index in [0.29, 0.717) is 5.69 Å². The SMILES string of the molecule is CNc1ccc(C(=O)OCC(=O)Nc2c(C)cc(C)cc2C)cc1[N+](=O)[O-]. The molecule has 8 heteroatoms. The molecule has 0 spiro atoms. The van der Waals surface area contributed by atoms with Crippen molar-refractivity contribution < 1.29 is 19.2 Å². The van der Waals surface area contributed by atoms with Crippen LogP contribution >= 0.6 is 0 Å². The van der Waals surface area contributed by atoms with E-state index >= 15 is 0 Å². The van der Waals surface area contributed by atoms with Crippen molar-refractivity contribution in [1.82, 2.24) is 0 Å². The van der Waals surface area contributed by atoms with Gasteiger partial charge in [0.25, 0.3) is 11.6 Å². The van der Waals surface area contributed by atoms with Gasteiger partial charge in [-0.3, -0.25) is 14.9 Å². The van der Waals surface area contributed by atoms with Gasteiger partial charge in [0.15, 0.2) is 6.61 Å². The molecule has 0 saturated carbocycles. The third-order valence-corrected chi connectivity index (χ3v) is 3.98. The zero-order chi connectivity index (χ0) is 20.1. The molecule has 0 aliphatic heterocycles. The van der Waals surface area contributed by atoms with Crippen LogP contribution in [0.15, 0.2) is 30.3 Å². The molecule has 2 aromatic rings. The lowest BCUT2D eigenvalue weighted by Crippen LogP contribution is -2.22. The van der Waals surface area contributed by atoms with E-state index in [-0.39, 0.29) is 16.9 Å². The molecule has 0 aliphatic carbocycles. The summed E-state index contributed by atoms with van der Waals surface area (Å²) in [5.41, 5.74) is 3.60. The van der Waals surface area contributed by atoms with Crippen LogP contribution in [0.2, 0.25) is 0 Å². The molecule has 2 rings (SSSR count). The molecule has 0 unspecified atom stereocenters. The summed E-state index contributed by atoms with van der Waals surface area (Å²) in [5, 5.41) is 16.5. The third kappa shape index (κ3) is 4.81. The molecule has 0 atom stereocenters. The van der Waals surface area contributed by atoms with Crippen LogP contribution in [0.25, 0.3) is 0 Å². The van der Waals surface area contributed by atoms with Gasteiger partial charge in [-0.15, -0.1) is 0 Å². The molecule has 0 heterocycles. The first-order valence-electron chi connectivity index (χ1n) is 8.24. The van der Waals surface area contributed by atoms with E-state index in [9.17, 15) is 19.7 Å². The number of nitrogens with one attached hydrogen (secondary N) is 2. The molecule has 1 amide bonds. The molecule has 0 radical (unpaired) electrons. The summed E-state index contributed by atoms with van der Waals surface area (Å²) in [6.45, 7) is 5.23. The number of anilines is 2. The fourth-order valence-corrected chi connectivity index (χ4v) is 2.79. The number of hydrogen-bond donors (Lipinski definition) is 2. The summed E-state index contributed by atoms with van der Waals surface area (Å²) in [4.78, 5) is 34.7. The van der Waals surface area contributed by atoms with E-state index in [1.54, 1.807) is 7.05 Å². The lowest BCUT2D eigenvalue weighted by atomic mass is 10.1. The Hall–Kier alpha value is -3.42. The van der Waals surface area contributed by atoms with E-state index in [1.807, 2.05) is 32.9 Å². The first kappa shape index (κ1) is 19.9. The smallest absolute Gasteiger partial charge is 0.338 e. The van der Waals surface area contributed by atoms with Crippen molar-refractivity contribution >= 4 is 28.9 Å². The molecule has 142 valence electrons.